The summed E-state index contributed by atoms with van der Waals surface area (Å²) in [5.74, 6) is -0.127. The van der Waals surface area contributed by atoms with Gasteiger partial charge < -0.3 is 10.5 Å². The number of halogens is 3. The van der Waals surface area contributed by atoms with Gasteiger partial charge in [0.25, 0.3) is 0 Å². The second-order valence-electron chi connectivity index (χ2n) is 3.22. The molecule has 0 fully saturated rings. The fourth-order valence-electron chi connectivity index (χ4n) is 1.11. The Hall–Kier alpha value is -1.56. The number of nitrogens with two attached hydrogens (primary N) is 1. The first-order valence-electron chi connectivity index (χ1n) is 4.46. The van der Waals surface area contributed by atoms with Crippen LogP contribution in [0.5, 0.6) is 0 Å². The van der Waals surface area contributed by atoms with E-state index in [4.69, 9.17) is 11.1 Å². The van der Waals surface area contributed by atoms with Crippen LogP contribution in [-0.4, -0.2) is 18.6 Å². The molecule has 0 atom stereocenters. The van der Waals surface area contributed by atoms with E-state index >= 15 is 0 Å². The fraction of sp³-hybridized carbons (Fsp3) is 0.300. The van der Waals surface area contributed by atoms with Gasteiger partial charge in [0, 0.05) is 5.56 Å². The summed E-state index contributed by atoms with van der Waals surface area (Å²) in [5.41, 5.74) is 6.26. The van der Waals surface area contributed by atoms with Crippen molar-refractivity contribution in [1.82, 2.24) is 0 Å². The van der Waals surface area contributed by atoms with Crippen LogP contribution in [-0.2, 0) is 11.3 Å². The van der Waals surface area contributed by atoms with Crippen LogP contribution in [0.25, 0.3) is 0 Å². The maximum atomic E-state index is 11.8. The van der Waals surface area contributed by atoms with Gasteiger partial charge in [0.05, 0.1) is 6.61 Å². The van der Waals surface area contributed by atoms with Crippen LogP contribution in [0.15, 0.2) is 24.3 Å². The Morgan fingerprint density at radius 2 is 2.06 bits per heavy atom. The summed E-state index contributed by atoms with van der Waals surface area (Å²) in [5, 5.41) is 7.17. The number of amidine groups is 1. The van der Waals surface area contributed by atoms with E-state index in [1.165, 1.54) is 6.07 Å². The molecule has 0 heterocycles. The van der Waals surface area contributed by atoms with Crippen LogP contribution in [0.1, 0.15) is 11.1 Å². The minimum absolute atomic E-state index is 0.127. The maximum Gasteiger partial charge on any atom is 0.411 e. The highest BCUT2D eigenvalue weighted by Crippen LogP contribution is 2.15. The zero-order valence-electron chi connectivity index (χ0n) is 8.34. The molecule has 0 aromatic heterocycles. The van der Waals surface area contributed by atoms with Crippen molar-refractivity contribution in [2.24, 2.45) is 5.73 Å². The zero-order chi connectivity index (χ0) is 12.2. The molecule has 16 heavy (non-hydrogen) atoms. The van der Waals surface area contributed by atoms with Crippen LogP contribution in [0, 0.1) is 5.41 Å². The monoisotopic (exact) mass is 232 g/mol. The van der Waals surface area contributed by atoms with Gasteiger partial charge in [0.2, 0.25) is 0 Å². The number of hydrogen-bond donors (Lipinski definition) is 2. The molecule has 1 aromatic rings. The van der Waals surface area contributed by atoms with E-state index in [-0.39, 0.29) is 12.4 Å². The number of alkyl halides is 3. The highest BCUT2D eigenvalue weighted by molar-refractivity contribution is 5.95. The van der Waals surface area contributed by atoms with Gasteiger partial charge in [0.1, 0.15) is 12.4 Å². The number of ether oxygens (including phenoxy) is 1. The maximum absolute atomic E-state index is 11.8. The molecule has 0 aliphatic heterocycles. The van der Waals surface area contributed by atoms with Gasteiger partial charge >= 0.3 is 6.18 Å². The summed E-state index contributed by atoms with van der Waals surface area (Å²) in [6, 6.07) is 6.36. The van der Waals surface area contributed by atoms with Crippen molar-refractivity contribution in [1.29, 1.82) is 5.41 Å². The van der Waals surface area contributed by atoms with E-state index in [0.717, 1.165) is 0 Å². The lowest BCUT2D eigenvalue weighted by atomic mass is 10.1. The summed E-state index contributed by atoms with van der Waals surface area (Å²) in [7, 11) is 0. The van der Waals surface area contributed by atoms with Crippen LogP contribution < -0.4 is 5.73 Å². The minimum Gasteiger partial charge on any atom is -0.384 e. The zero-order valence-corrected chi connectivity index (χ0v) is 8.34. The van der Waals surface area contributed by atoms with E-state index in [9.17, 15) is 13.2 Å². The van der Waals surface area contributed by atoms with Crippen molar-refractivity contribution in [3.05, 3.63) is 35.4 Å². The second-order valence-corrected chi connectivity index (χ2v) is 3.22. The standard InChI is InChI=1S/C10H11F3N2O/c11-10(12,13)6-16-5-7-2-1-3-8(4-7)9(14)15/h1-4H,5-6H2,(H3,14,15). The molecule has 0 radical (unpaired) electrons. The molecular formula is C10H11F3N2O. The first-order valence-corrected chi connectivity index (χ1v) is 4.46. The smallest absolute Gasteiger partial charge is 0.384 e. The van der Waals surface area contributed by atoms with Gasteiger partial charge in [0.15, 0.2) is 0 Å². The van der Waals surface area contributed by atoms with Crippen LogP contribution in [0.3, 0.4) is 0 Å². The normalized spacial score (nSPS) is 11.4. The van der Waals surface area contributed by atoms with Gasteiger partial charge in [-0.15, -0.1) is 0 Å². The molecule has 1 rings (SSSR count). The molecule has 0 unspecified atom stereocenters. The average Bonchev–Trinajstić information content (AvgIpc) is 2.16. The predicted molar refractivity (Wildman–Crippen MR) is 53.2 cm³/mol. The lowest BCUT2D eigenvalue weighted by molar-refractivity contribution is -0.176. The molecule has 88 valence electrons. The Morgan fingerprint density at radius 1 is 1.38 bits per heavy atom. The summed E-state index contributed by atoms with van der Waals surface area (Å²) >= 11 is 0. The molecule has 0 aliphatic carbocycles. The molecule has 0 saturated carbocycles. The number of rotatable bonds is 4. The Bertz CT molecular complexity index is 377. The summed E-state index contributed by atoms with van der Waals surface area (Å²) in [6.07, 6.45) is -4.32. The Kier molecular flexibility index (Phi) is 3.89. The van der Waals surface area contributed by atoms with E-state index in [2.05, 4.69) is 4.74 Å². The molecule has 1 aromatic carbocycles. The Labute approximate surface area is 90.5 Å². The third-order valence-corrected chi connectivity index (χ3v) is 1.77. The van der Waals surface area contributed by atoms with Gasteiger partial charge in [-0.2, -0.15) is 13.2 Å². The predicted octanol–water partition coefficient (Wildman–Crippen LogP) is 2.05. The van der Waals surface area contributed by atoms with E-state index in [0.29, 0.717) is 11.1 Å². The third kappa shape index (κ3) is 4.31. The molecule has 0 saturated heterocycles. The van der Waals surface area contributed by atoms with Crippen molar-refractivity contribution in [3.8, 4) is 0 Å². The molecule has 3 nitrogen and oxygen atoms in total. The molecular weight excluding hydrogens is 221 g/mol. The molecule has 0 amide bonds. The topological polar surface area (TPSA) is 59.1 Å². The van der Waals surface area contributed by atoms with Crippen molar-refractivity contribution >= 4 is 5.84 Å². The van der Waals surface area contributed by atoms with E-state index in [1.807, 2.05) is 0 Å². The molecule has 6 heteroatoms. The third-order valence-electron chi connectivity index (χ3n) is 1.77. The van der Waals surface area contributed by atoms with Crippen LogP contribution in [0.2, 0.25) is 0 Å². The quantitative estimate of drug-likeness (QED) is 0.616. The van der Waals surface area contributed by atoms with Crippen molar-refractivity contribution in [2.75, 3.05) is 6.61 Å². The number of benzene rings is 1. The van der Waals surface area contributed by atoms with Crippen molar-refractivity contribution in [2.45, 2.75) is 12.8 Å². The molecule has 0 aliphatic rings. The number of hydrogen-bond acceptors (Lipinski definition) is 2. The lowest BCUT2D eigenvalue weighted by Crippen LogP contribution is -2.17. The van der Waals surface area contributed by atoms with Crippen LogP contribution >= 0.6 is 0 Å². The molecule has 0 bridgehead atoms. The second kappa shape index (κ2) is 4.98. The summed E-state index contributed by atoms with van der Waals surface area (Å²) in [4.78, 5) is 0. The van der Waals surface area contributed by atoms with E-state index in [1.54, 1.807) is 18.2 Å². The van der Waals surface area contributed by atoms with Gasteiger partial charge in [-0.1, -0.05) is 18.2 Å². The van der Waals surface area contributed by atoms with Crippen molar-refractivity contribution in [3.63, 3.8) is 0 Å². The fourth-order valence-corrected chi connectivity index (χ4v) is 1.11. The van der Waals surface area contributed by atoms with E-state index < -0.39 is 12.8 Å². The van der Waals surface area contributed by atoms with Gasteiger partial charge in [-0.25, -0.2) is 0 Å². The van der Waals surface area contributed by atoms with Gasteiger partial charge in [-0.3, -0.25) is 5.41 Å². The largest absolute Gasteiger partial charge is 0.411 e. The average molecular weight is 232 g/mol. The highest BCUT2D eigenvalue weighted by atomic mass is 19.4. The number of nitrogen functional groups attached to an aromatic ring is 1. The Balaban J connectivity index is 2.55. The Morgan fingerprint density at radius 3 is 2.62 bits per heavy atom. The van der Waals surface area contributed by atoms with Gasteiger partial charge in [-0.05, 0) is 11.6 Å². The summed E-state index contributed by atoms with van der Waals surface area (Å²) < 4.78 is 39.8. The molecule has 3 N–H and O–H groups in total. The summed E-state index contributed by atoms with van der Waals surface area (Å²) in [6.45, 7) is -1.43. The number of nitrogens with one attached hydrogen (secondary N) is 1. The van der Waals surface area contributed by atoms with Crippen LogP contribution in [0.4, 0.5) is 13.2 Å². The lowest BCUT2D eigenvalue weighted by Gasteiger charge is -2.08. The SMILES string of the molecule is N=C(N)c1cccc(COCC(F)(F)F)c1. The first-order chi connectivity index (χ1) is 7.38. The highest BCUT2D eigenvalue weighted by Gasteiger charge is 2.27. The minimum atomic E-state index is -4.32. The molecule has 0 spiro atoms. The van der Waals surface area contributed by atoms with Crippen molar-refractivity contribution < 1.29 is 17.9 Å². The first kappa shape index (κ1) is 12.5.